The van der Waals surface area contributed by atoms with Crippen molar-refractivity contribution in [2.75, 3.05) is 20.2 Å². The Hall–Kier alpha value is -3.07. The summed E-state index contributed by atoms with van der Waals surface area (Å²) in [6, 6.07) is 6.20. The quantitative estimate of drug-likeness (QED) is 0.411. The highest BCUT2D eigenvalue weighted by molar-refractivity contribution is 7.09. The van der Waals surface area contributed by atoms with E-state index >= 15 is 0 Å². The van der Waals surface area contributed by atoms with Gasteiger partial charge in [0.2, 0.25) is 0 Å². The second-order valence-corrected chi connectivity index (χ2v) is 6.76. The predicted molar refractivity (Wildman–Crippen MR) is 94.1 cm³/mol. The lowest BCUT2D eigenvalue weighted by Crippen LogP contribution is -2.37. The van der Waals surface area contributed by atoms with Crippen LogP contribution in [0.5, 0.6) is 5.75 Å². The van der Waals surface area contributed by atoms with E-state index in [1.165, 1.54) is 24.5 Å². The van der Waals surface area contributed by atoms with Crippen LogP contribution in [0.1, 0.15) is 15.2 Å². The number of amides is 4. The van der Waals surface area contributed by atoms with Gasteiger partial charge in [0, 0.05) is 17.8 Å². The number of urea groups is 1. The smallest absolute Gasteiger partial charge is 0.334 e. The maximum atomic E-state index is 13.5. The van der Waals surface area contributed by atoms with Gasteiger partial charge in [-0.3, -0.25) is 19.3 Å². The third-order valence-corrected chi connectivity index (χ3v) is 5.00. The van der Waals surface area contributed by atoms with E-state index in [0.717, 1.165) is 21.9 Å². The summed E-state index contributed by atoms with van der Waals surface area (Å²) in [5, 5.41) is 1.87. The van der Waals surface area contributed by atoms with E-state index in [9.17, 15) is 23.6 Å². The molecule has 0 unspecified atom stereocenters. The lowest BCUT2D eigenvalue weighted by molar-refractivity contribution is -0.143. The number of benzene rings is 1. The van der Waals surface area contributed by atoms with Gasteiger partial charge in [-0.1, -0.05) is 6.07 Å². The zero-order valence-corrected chi connectivity index (χ0v) is 15.1. The summed E-state index contributed by atoms with van der Waals surface area (Å²) >= 11 is 1.47. The Labute approximate surface area is 157 Å². The Balaban J connectivity index is 1.74. The van der Waals surface area contributed by atoms with Crippen molar-refractivity contribution in [1.82, 2.24) is 9.80 Å². The van der Waals surface area contributed by atoms with Crippen LogP contribution in [0.3, 0.4) is 0 Å². The molecule has 2 heterocycles. The van der Waals surface area contributed by atoms with E-state index in [-0.39, 0.29) is 17.9 Å². The van der Waals surface area contributed by atoms with E-state index in [0.29, 0.717) is 11.3 Å². The third kappa shape index (κ3) is 3.72. The Morgan fingerprint density at radius 2 is 1.89 bits per heavy atom. The fourth-order valence-corrected chi connectivity index (χ4v) is 3.39. The standard InChI is InChI=1S/C18H15FN2O5S/c1-26-15-5-4-11(19)9-13(15)14(22)10-21-17(24)16(23)20(18(21)25)7-6-12-3-2-8-27-12/h2-5,8-9H,6-7,10H2,1H3. The molecule has 7 nitrogen and oxygen atoms in total. The Morgan fingerprint density at radius 1 is 1.15 bits per heavy atom. The van der Waals surface area contributed by atoms with Gasteiger partial charge in [0.05, 0.1) is 19.2 Å². The van der Waals surface area contributed by atoms with Crippen molar-refractivity contribution in [3.8, 4) is 5.75 Å². The molecule has 1 aromatic carbocycles. The number of hydrogen-bond acceptors (Lipinski definition) is 6. The van der Waals surface area contributed by atoms with Crippen molar-refractivity contribution in [2.45, 2.75) is 6.42 Å². The van der Waals surface area contributed by atoms with E-state index in [2.05, 4.69) is 0 Å². The summed E-state index contributed by atoms with van der Waals surface area (Å²) in [7, 11) is 1.31. The summed E-state index contributed by atoms with van der Waals surface area (Å²) in [4.78, 5) is 51.5. The first-order valence-electron chi connectivity index (χ1n) is 7.99. The fraction of sp³-hybridized carbons (Fsp3) is 0.222. The van der Waals surface area contributed by atoms with Gasteiger partial charge in [0.15, 0.2) is 5.78 Å². The highest BCUT2D eigenvalue weighted by atomic mass is 32.1. The lowest BCUT2D eigenvalue weighted by Gasteiger charge is -2.15. The number of carbonyl (C=O) groups excluding carboxylic acids is 4. The minimum absolute atomic E-state index is 0.0396. The van der Waals surface area contributed by atoms with Crippen LogP contribution in [0.25, 0.3) is 0 Å². The zero-order chi connectivity index (χ0) is 19.6. The van der Waals surface area contributed by atoms with Crippen LogP contribution in [0.2, 0.25) is 0 Å². The number of nitrogens with zero attached hydrogens (tertiary/aromatic N) is 2. The number of halogens is 1. The van der Waals surface area contributed by atoms with Crippen molar-refractivity contribution in [2.24, 2.45) is 0 Å². The largest absolute Gasteiger partial charge is 0.496 e. The maximum Gasteiger partial charge on any atom is 0.334 e. The van der Waals surface area contributed by atoms with Crippen LogP contribution in [0.4, 0.5) is 9.18 Å². The highest BCUT2D eigenvalue weighted by Crippen LogP contribution is 2.22. The summed E-state index contributed by atoms with van der Waals surface area (Å²) in [5.74, 6) is -3.31. The van der Waals surface area contributed by atoms with Gasteiger partial charge < -0.3 is 4.74 Å². The average Bonchev–Trinajstić information content (AvgIpc) is 3.24. The molecule has 0 radical (unpaired) electrons. The van der Waals surface area contributed by atoms with Crippen LogP contribution >= 0.6 is 11.3 Å². The normalized spacial score (nSPS) is 14.2. The molecule has 0 atom stereocenters. The van der Waals surface area contributed by atoms with Gasteiger partial charge in [-0.05, 0) is 29.6 Å². The van der Waals surface area contributed by atoms with Crippen LogP contribution < -0.4 is 4.74 Å². The molecular weight excluding hydrogens is 375 g/mol. The minimum atomic E-state index is -1.07. The number of carbonyl (C=O) groups is 4. The topological polar surface area (TPSA) is 84.0 Å². The second kappa shape index (κ2) is 7.67. The monoisotopic (exact) mass is 390 g/mol. The van der Waals surface area contributed by atoms with Gasteiger partial charge in [-0.15, -0.1) is 11.3 Å². The number of imide groups is 2. The summed E-state index contributed by atoms with van der Waals surface area (Å²) < 4.78 is 18.5. The molecule has 1 aliphatic heterocycles. The highest BCUT2D eigenvalue weighted by Gasteiger charge is 2.45. The Morgan fingerprint density at radius 3 is 2.56 bits per heavy atom. The first-order chi connectivity index (χ1) is 12.9. The molecule has 4 amide bonds. The molecule has 2 aromatic rings. The molecule has 9 heteroatoms. The number of thiophene rings is 1. The van der Waals surface area contributed by atoms with Crippen LogP contribution in [-0.2, 0) is 16.0 Å². The van der Waals surface area contributed by atoms with Crippen molar-refractivity contribution in [3.05, 3.63) is 52.0 Å². The molecule has 0 aliphatic carbocycles. The van der Waals surface area contributed by atoms with E-state index in [4.69, 9.17) is 4.74 Å². The molecule has 0 saturated carbocycles. The maximum absolute atomic E-state index is 13.5. The van der Waals surface area contributed by atoms with Gasteiger partial charge in [0.25, 0.3) is 0 Å². The van der Waals surface area contributed by atoms with Crippen molar-refractivity contribution >= 4 is 35.0 Å². The van der Waals surface area contributed by atoms with Crippen LogP contribution in [0.15, 0.2) is 35.7 Å². The molecule has 0 bridgehead atoms. The number of methoxy groups -OCH3 is 1. The first-order valence-corrected chi connectivity index (χ1v) is 8.86. The fourth-order valence-electron chi connectivity index (χ4n) is 2.69. The molecule has 1 aromatic heterocycles. The Kier molecular flexibility index (Phi) is 5.31. The number of rotatable bonds is 7. The van der Waals surface area contributed by atoms with Crippen molar-refractivity contribution in [1.29, 1.82) is 0 Å². The SMILES string of the molecule is COc1ccc(F)cc1C(=O)CN1C(=O)C(=O)N(CCc2cccs2)C1=O. The van der Waals surface area contributed by atoms with E-state index in [1.807, 2.05) is 17.5 Å². The van der Waals surface area contributed by atoms with Gasteiger partial charge >= 0.3 is 17.8 Å². The average molecular weight is 390 g/mol. The third-order valence-electron chi connectivity index (χ3n) is 4.06. The molecule has 1 fully saturated rings. The number of hydrogen-bond donors (Lipinski definition) is 0. The zero-order valence-electron chi connectivity index (χ0n) is 14.3. The molecule has 1 saturated heterocycles. The van der Waals surface area contributed by atoms with Gasteiger partial charge in [0.1, 0.15) is 11.6 Å². The molecule has 3 rings (SSSR count). The first kappa shape index (κ1) is 18.7. The van der Waals surface area contributed by atoms with Crippen LogP contribution in [-0.4, -0.2) is 53.6 Å². The van der Waals surface area contributed by atoms with Crippen molar-refractivity contribution in [3.63, 3.8) is 0 Å². The molecule has 1 aliphatic rings. The summed E-state index contributed by atoms with van der Waals surface area (Å²) in [6.07, 6.45) is 0.419. The molecule has 140 valence electrons. The molecule has 27 heavy (non-hydrogen) atoms. The Bertz CT molecular complexity index is 912. The predicted octanol–water partition coefficient (Wildman–Crippen LogP) is 2.11. The molecular formula is C18H15FN2O5S. The molecule has 0 spiro atoms. The second-order valence-electron chi connectivity index (χ2n) is 5.73. The van der Waals surface area contributed by atoms with E-state index < -0.39 is 36.0 Å². The van der Waals surface area contributed by atoms with E-state index in [1.54, 1.807) is 0 Å². The molecule has 0 N–H and O–H groups in total. The number of Topliss-reactive ketones (excluding diaryl/α,β-unsaturated/α-hetero) is 1. The summed E-state index contributed by atoms with van der Waals surface area (Å²) in [5.41, 5.74) is -0.109. The number of ether oxygens (including phenoxy) is 1. The van der Waals surface area contributed by atoms with Gasteiger partial charge in [-0.25, -0.2) is 14.1 Å². The number of ketones is 1. The minimum Gasteiger partial charge on any atom is -0.496 e. The van der Waals surface area contributed by atoms with Crippen molar-refractivity contribution < 1.29 is 28.3 Å². The summed E-state index contributed by atoms with van der Waals surface area (Å²) in [6.45, 7) is -0.628. The lowest BCUT2D eigenvalue weighted by atomic mass is 10.1. The van der Waals surface area contributed by atoms with Crippen LogP contribution in [0, 0.1) is 5.82 Å². The van der Waals surface area contributed by atoms with Gasteiger partial charge in [-0.2, -0.15) is 0 Å².